The monoisotopic (exact) mass is 341 g/mol. The van der Waals surface area contributed by atoms with Crippen LogP contribution in [0.4, 0.5) is 0 Å². The van der Waals surface area contributed by atoms with E-state index >= 15 is 0 Å². The van der Waals surface area contributed by atoms with Crippen LogP contribution < -0.4 is 10.6 Å². The van der Waals surface area contributed by atoms with Crippen LogP contribution in [0.3, 0.4) is 0 Å². The quantitative estimate of drug-likeness (QED) is 0.731. The maximum atomic E-state index is 12.1. The minimum atomic E-state index is -0.612. The first kappa shape index (κ1) is 15.7. The van der Waals surface area contributed by atoms with Crippen molar-refractivity contribution in [1.82, 2.24) is 15.2 Å². The molecule has 2 heterocycles. The highest BCUT2D eigenvalue weighted by atomic mass is 16.3. The molecule has 25 heavy (non-hydrogen) atoms. The van der Waals surface area contributed by atoms with Crippen LogP contribution >= 0.6 is 0 Å². The van der Waals surface area contributed by atoms with Crippen LogP contribution in [0, 0.1) is 5.92 Å². The van der Waals surface area contributed by atoms with Crippen molar-refractivity contribution in [2.24, 2.45) is 5.92 Å². The molecule has 1 saturated heterocycles. The topological polar surface area (TPSA) is 100 Å². The molecule has 130 valence electrons. The normalized spacial score (nSPS) is 20.6. The summed E-state index contributed by atoms with van der Waals surface area (Å²) in [5.74, 6) is -0.497. The van der Waals surface area contributed by atoms with E-state index in [1.54, 1.807) is 12.3 Å². The lowest BCUT2D eigenvalue weighted by molar-refractivity contribution is -0.135. The largest absolute Gasteiger partial charge is 0.494 e. The lowest BCUT2D eigenvalue weighted by Gasteiger charge is -2.22. The Hall–Kier alpha value is -2.83. The van der Waals surface area contributed by atoms with E-state index in [-0.39, 0.29) is 30.0 Å². The van der Waals surface area contributed by atoms with Crippen LogP contribution in [0.15, 0.2) is 24.4 Å². The molecule has 7 heteroatoms. The molecule has 1 aromatic heterocycles. The van der Waals surface area contributed by atoms with Gasteiger partial charge in [-0.3, -0.25) is 19.7 Å². The number of hydrogen-bond acceptors (Lipinski definition) is 4. The Morgan fingerprint density at radius 3 is 2.76 bits per heavy atom. The minimum Gasteiger partial charge on any atom is -0.494 e. The Kier molecular flexibility index (Phi) is 3.71. The van der Waals surface area contributed by atoms with Gasteiger partial charge in [-0.05, 0) is 30.9 Å². The van der Waals surface area contributed by atoms with Crippen LogP contribution in [0.2, 0.25) is 0 Å². The fourth-order valence-corrected chi connectivity index (χ4v) is 3.31. The first-order chi connectivity index (χ1) is 12.0. The number of imide groups is 1. The van der Waals surface area contributed by atoms with Gasteiger partial charge in [0, 0.05) is 35.9 Å². The molecule has 1 unspecified atom stereocenters. The van der Waals surface area contributed by atoms with Crippen molar-refractivity contribution in [2.45, 2.75) is 38.3 Å². The molecule has 1 saturated carbocycles. The molecule has 3 N–H and O–H groups in total. The second-order valence-corrected chi connectivity index (χ2v) is 6.70. The third-order valence-electron chi connectivity index (χ3n) is 4.90. The SMILES string of the molecule is O=C1CCC(n2cc3c(CNC(=O)C4CC4)cccc3c2O)C(=O)N1. The second kappa shape index (κ2) is 5.91. The predicted octanol–water partition coefficient (Wildman–Crippen LogP) is 1.35. The van der Waals surface area contributed by atoms with Crippen LogP contribution in [-0.4, -0.2) is 27.4 Å². The number of hydrogen-bond donors (Lipinski definition) is 3. The zero-order valence-corrected chi connectivity index (χ0v) is 13.6. The third kappa shape index (κ3) is 2.86. The molecule has 1 atom stereocenters. The minimum absolute atomic E-state index is 0.000122. The van der Waals surface area contributed by atoms with Gasteiger partial charge in [0.15, 0.2) is 5.88 Å². The number of nitrogens with one attached hydrogen (secondary N) is 2. The number of carbonyl (C=O) groups excluding carboxylic acids is 3. The summed E-state index contributed by atoms with van der Waals surface area (Å²) in [6, 6.07) is 4.87. The summed E-state index contributed by atoms with van der Waals surface area (Å²) in [4.78, 5) is 35.3. The average molecular weight is 341 g/mol. The molecule has 1 aliphatic heterocycles. The Morgan fingerprint density at radius 1 is 1.24 bits per heavy atom. The van der Waals surface area contributed by atoms with Crippen molar-refractivity contribution in [3.05, 3.63) is 30.0 Å². The van der Waals surface area contributed by atoms with E-state index in [1.807, 2.05) is 12.1 Å². The highest BCUT2D eigenvalue weighted by Gasteiger charge is 2.31. The van der Waals surface area contributed by atoms with Gasteiger partial charge in [-0.2, -0.15) is 0 Å². The molecule has 1 aromatic carbocycles. The van der Waals surface area contributed by atoms with E-state index in [2.05, 4.69) is 10.6 Å². The summed E-state index contributed by atoms with van der Waals surface area (Å²) in [6.07, 6.45) is 4.22. The van der Waals surface area contributed by atoms with Gasteiger partial charge in [0.05, 0.1) is 0 Å². The van der Waals surface area contributed by atoms with Gasteiger partial charge in [0.1, 0.15) is 6.04 Å². The summed E-state index contributed by atoms with van der Waals surface area (Å²) in [7, 11) is 0. The van der Waals surface area contributed by atoms with Crippen molar-refractivity contribution < 1.29 is 19.5 Å². The van der Waals surface area contributed by atoms with E-state index in [4.69, 9.17) is 0 Å². The molecule has 0 radical (unpaired) electrons. The van der Waals surface area contributed by atoms with Crippen molar-refractivity contribution in [2.75, 3.05) is 0 Å². The molecule has 7 nitrogen and oxygen atoms in total. The Balaban J connectivity index is 1.64. The molecular formula is C18H19N3O4. The predicted molar refractivity (Wildman–Crippen MR) is 89.6 cm³/mol. The van der Waals surface area contributed by atoms with Gasteiger partial charge in [-0.1, -0.05) is 12.1 Å². The number of aromatic hydroxyl groups is 1. The van der Waals surface area contributed by atoms with Crippen molar-refractivity contribution >= 4 is 28.5 Å². The van der Waals surface area contributed by atoms with Crippen molar-refractivity contribution in [1.29, 1.82) is 0 Å². The zero-order valence-electron chi connectivity index (χ0n) is 13.6. The first-order valence-electron chi connectivity index (χ1n) is 8.47. The van der Waals surface area contributed by atoms with E-state index < -0.39 is 11.9 Å². The highest BCUT2D eigenvalue weighted by Crippen LogP contribution is 2.34. The summed E-state index contributed by atoms with van der Waals surface area (Å²) in [5, 5.41) is 17.2. The molecule has 4 rings (SSSR count). The number of aromatic nitrogens is 1. The van der Waals surface area contributed by atoms with Crippen LogP contribution in [0.5, 0.6) is 5.88 Å². The molecular weight excluding hydrogens is 322 g/mol. The van der Waals surface area contributed by atoms with E-state index in [0.29, 0.717) is 18.4 Å². The lowest BCUT2D eigenvalue weighted by atomic mass is 10.1. The lowest BCUT2D eigenvalue weighted by Crippen LogP contribution is -2.41. The summed E-state index contributed by atoms with van der Waals surface area (Å²) in [6.45, 7) is 0.380. The van der Waals surface area contributed by atoms with Crippen LogP contribution in [-0.2, 0) is 20.9 Å². The van der Waals surface area contributed by atoms with Gasteiger partial charge < -0.3 is 15.0 Å². The molecule has 2 aliphatic rings. The van der Waals surface area contributed by atoms with E-state index in [9.17, 15) is 19.5 Å². The molecule has 0 spiro atoms. The highest BCUT2D eigenvalue weighted by molar-refractivity contribution is 6.00. The fourth-order valence-electron chi connectivity index (χ4n) is 3.31. The van der Waals surface area contributed by atoms with Crippen LogP contribution in [0.25, 0.3) is 10.8 Å². The third-order valence-corrected chi connectivity index (χ3v) is 4.90. The number of carbonyl (C=O) groups is 3. The fraction of sp³-hybridized carbons (Fsp3) is 0.389. The number of piperidine rings is 1. The van der Waals surface area contributed by atoms with E-state index in [0.717, 1.165) is 23.8 Å². The summed E-state index contributed by atoms with van der Waals surface area (Å²) < 4.78 is 1.51. The zero-order chi connectivity index (χ0) is 17.6. The maximum absolute atomic E-state index is 12.1. The number of fused-ring (bicyclic) bond motifs is 1. The summed E-state index contributed by atoms with van der Waals surface area (Å²) in [5.41, 5.74) is 0.882. The van der Waals surface area contributed by atoms with Crippen molar-refractivity contribution in [3.8, 4) is 5.88 Å². The number of rotatable bonds is 4. The van der Waals surface area contributed by atoms with Gasteiger partial charge in [-0.15, -0.1) is 0 Å². The van der Waals surface area contributed by atoms with Gasteiger partial charge in [0.2, 0.25) is 17.7 Å². The summed E-state index contributed by atoms with van der Waals surface area (Å²) >= 11 is 0. The smallest absolute Gasteiger partial charge is 0.249 e. The van der Waals surface area contributed by atoms with Crippen LogP contribution in [0.1, 0.15) is 37.3 Å². The number of benzene rings is 1. The molecule has 1 aliphatic carbocycles. The standard InChI is InChI=1S/C18H19N3O4/c22-15-7-6-14(17(24)20-15)21-9-13-11(2-1-3-12(13)18(21)25)8-19-16(23)10-4-5-10/h1-3,9-10,14,25H,4-8H2,(H,19,23)(H,20,22,24). The Bertz CT molecular complexity index is 882. The first-order valence-corrected chi connectivity index (χ1v) is 8.47. The Morgan fingerprint density at radius 2 is 2.04 bits per heavy atom. The van der Waals surface area contributed by atoms with Gasteiger partial charge in [-0.25, -0.2) is 0 Å². The van der Waals surface area contributed by atoms with Gasteiger partial charge >= 0.3 is 0 Å². The molecule has 0 bridgehead atoms. The second-order valence-electron chi connectivity index (χ2n) is 6.70. The average Bonchev–Trinajstić information content (AvgIpc) is 3.38. The molecule has 2 fully saturated rings. The van der Waals surface area contributed by atoms with Crippen molar-refractivity contribution in [3.63, 3.8) is 0 Å². The molecule has 2 aromatic rings. The number of nitrogens with zero attached hydrogens (tertiary/aromatic N) is 1. The maximum Gasteiger partial charge on any atom is 0.249 e. The molecule has 3 amide bonds. The van der Waals surface area contributed by atoms with Gasteiger partial charge in [0.25, 0.3) is 0 Å². The Labute approximate surface area is 144 Å². The van der Waals surface area contributed by atoms with E-state index in [1.165, 1.54) is 4.57 Å². The number of amides is 3.